The maximum Gasteiger partial charge on any atom is 0.248 e. The molecule has 0 unspecified atom stereocenters. The minimum absolute atomic E-state index is 0.255. The number of halogens is 2. The SMILES string of the molecule is COc1c(Cl)cc(Cl)cc1/C=C\C(=O)Nc1cccc2ccccc12. The first-order valence-corrected chi connectivity index (χ1v) is 8.34. The first-order chi connectivity index (χ1) is 12.1. The highest BCUT2D eigenvalue weighted by Gasteiger charge is 2.08. The molecule has 1 amide bonds. The van der Waals surface area contributed by atoms with E-state index < -0.39 is 0 Å². The topological polar surface area (TPSA) is 38.3 Å². The van der Waals surface area contributed by atoms with Gasteiger partial charge in [0.25, 0.3) is 0 Å². The van der Waals surface area contributed by atoms with Gasteiger partial charge >= 0.3 is 0 Å². The van der Waals surface area contributed by atoms with Crippen LogP contribution in [-0.4, -0.2) is 13.0 Å². The summed E-state index contributed by atoms with van der Waals surface area (Å²) in [5.74, 6) is 0.217. The summed E-state index contributed by atoms with van der Waals surface area (Å²) in [6.45, 7) is 0. The Kier molecular flexibility index (Phi) is 5.27. The molecular formula is C20H15Cl2NO2. The zero-order valence-corrected chi connectivity index (χ0v) is 14.9. The summed E-state index contributed by atoms with van der Waals surface area (Å²) in [4.78, 5) is 12.3. The van der Waals surface area contributed by atoms with Crippen molar-refractivity contribution in [1.82, 2.24) is 0 Å². The van der Waals surface area contributed by atoms with Crippen LogP contribution in [0.25, 0.3) is 16.8 Å². The fourth-order valence-electron chi connectivity index (χ4n) is 2.59. The Morgan fingerprint density at radius 2 is 1.84 bits per heavy atom. The number of anilines is 1. The third-order valence-corrected chi connectivity index (χ3v) is 4.20. The van der Waals surface area contributed by atoms with Gasteiger partial charge in [-0.15, -0.1) is 0 Å². The lowest BCUT2D eigenvalue weighted by Crippen LogP contribution is -2.08. The van der Waals surface area contributed by atoms with Gasteiger partial charge in [0.1, 0.15) is 5.75 Å². The van der Waals surface area contributed by atoms with Crippen molar-refractivity contribution in [2.24, 2.45) is 0 Å². The number of carbonyl (C=O) groups is 1. The summed E-state index contributed by atoms with van der Waals surface area (Å²) in [7, 11) is 1.52. The van der Waals surface area contributed by atoms with Crippen molar-refractivity contribution in [2.45, 2.75) is 0 Å². The highest BCUT2D eigenvalue weighted by molar-refractivity contribution is 6.36. The number of benzene rings is 3. The van der Waals surface area contributed by atoms with Gasteiger partial charge in [-0.25, -0.2) is 0 Å². The second-order valence-corrected chi connectivity index (χ2v) is 6.20. The highest BCUT2D eigenvalue weighted by atomic mass is 35.5. The summed E-state index contributed by atoms with van der Waals surface area (Å²) < 4.78 is 5.27. The molecule has 126 valence electrons. The predicted molar refractivity (Wildman–Crippen MR) is 105 cm³/mol. The molecule has 0 atom stereocenters. The van der Waals surface area contributed by atoms with Gasteiger partial charge in [0.05, 0.1) is 12.1 Å². The molecular weight excluding hydrogens is 357 g/mol. The Morgan fingerprint density at radius 3 is 2.64 bits per heavy atom. The molecule has 0 bridgehead atoms. The molecule has 1 N–H and O–H groups in total. The van der Waals surface area contributed by atoms with Crippen molar-refractivity contribution in [1.29, 1.82) is 0 Å². The first-order valence-electron chi connectivity index (χ1n) is 7.58. The Hall–Kier alpha value is -2.49. The molecule has 0 radical (unpaired) electrons. The molecule has 25 heavy (non-hydrogen) atoms. The average Bonchev–Trinajstić information content (AvgIpc) is 2.60. The van der Waals surface area contributed by atoms with Crippen LogP contribution < -0.4 is 10.1 Å². The Labute approximate surface area is 155 Å². The van der Waals surface area contributed by atoms with Gasteiger partial charge < -0.3 is 10.1 Å². The molecule has 0 spiro atoms. The summed E-state index contributed by atoms with van der Waals surface area (Å²) in [5.41, 5.74) is 1.39. The molecule has 3 rings (SSSR count). The van der Waals surface area contributed by atoms with Gasteiger partial charge in [0.2, 0.25) is 5.91 Å². The number of nitrogens with one attached hydrogen (secondary N) is 1. The van der Waals surface area contributed by atoms with Crippen molar-refractivity contribution in [3.8, 4) is 5.75 Å². The first kappa shape index (κ1) is 17.3. The molecule has 3 aromatic carbocycles. The lowest BCUT2D eigenvalue weighted by atomic mass is 10.1. The van der Waals surface area contributed by atoms with E-state index in [1.54, 1.807) is 18.2 Å². The highest BCUT2D eigenvalue weighted by Crippen LogP contribution is 2.33. The summed E-state index contributed by atoms with van der Waals surface area (Å²) in [5, 5.41) is 5.80. The molecule has 0 aliphatic heterocycles. The second kappa shape index (κ2) is 7.60. The quantitative estimate of drug-likeness (QED) is 0.587. The molecule has 0 aliphatic carbocycles. The normalized spacial score (nSPS) is 11.0. The molecule has 5 heteroatoms. The van der Waals surface area contributed by atoms with Crippen LogP contribution in [0.5, 0.6) is 5.75 Å². The largest absolute Gasteiger partial charge is 0.495 e. The molecule has 0 heterocycles. The van der Waals surface area contributed by atoms with Crippen LogP contribution >= 0.6 is 23.2 Å². The number of ether oxygens (including phenoxy) is 1. The van der Waals surface area contributed by atoms with E-state index in [-0.39, 0.29) is 5.91 Å². The lowest BCUT2D eigenvalue weighted by Gasteiger charge is -2.08. The maximum atomic E-state index is 12.3. The van der Waals surface area contributed by atoms with Gasteiger partial charge in [-0.05, 0) is 29.7 Å². The van der Waals surface area contributed by atoms with Crippen molar-refractivity contribution >= 4 is 51.6 Å². The minimum atomic E-state index is -0.255. The van der Waals surface area contributed by atoms with E-state index in [1.165, 1.54) is 13.2 Å². The molecule has 0 fully saturated rings. The van der Waals surface area contributed by atoms with E-state index in [0.29, 0.717) is 21.4 Å². The number of hydrogen-bond donors (Lipinski definition) is 1. The maximum absolute atomic E-state index is 12.3. The van der Waals surface area contributed by atoms with E-state index in [1.807, 2.05) is 42.5 Å². The number of amides is 1. The average molecular weight is 372 g/mol. The molecule has 0 saturated heterocycles. The summed E-state index contributed by atoms with van der Waals surface area (Å²) >= 11 is 12.1. The monoisotopic (exact) mass is 371 g/mol. The smallest absolute Gasteiger partial charge is 0.248 e. The van der Waals surface area contributed by atoms with Crippen LogP contribution in [0.3, 0.4) is 0 Å². The van der Waals surface area contributed by atoms with E-state index >= 15 is 0 Å². The van der Waals surface area contributed by atoms with Crippen LogP contribution in [0.4, 0.5) is 5.69 Å². The Bertz CT molecular complexity index is 962. The zero-order chi connectivity index (χ0) is 17.8. The van der Waals surface area contributed by atoms with Crippen LogP contribution in [0.15, 0.2) is 60.7 Å². The van der Waals surface area contributed by atoms with Crippen molar-refractivity contribution in [3.63, 3.8) is 0 Å². The van der Waals surface area contributed by atoms with E-state index in [4.69, 9.17) is 27.9 Å². The van der Waals surface area contributed by atoms with Gasteiger partial charge in [-0.3, -0.25) is 4.79 Å². The fraction of sp³-hybridized carbons (Fsp3) is 0.0500. The van der Waals surface area contributed by atoms with Crippen LogP contribution in [-0.2, 0) is 4.79 Å². The third-order valence-electron chi connectivity index (χ3n) is 3.70. The van der Waals surface area contributed by atoms with Crippen molar-refractivity contribution in [3.05, 3.63) is 76.3 Å². The van der Waals surface area contributed by atoms with E-state index in [9.17, 15) is 4.79 Å². The number of fused-ring (bicyclic) bond motifs is 1. The zero-order valence-electron chi connectivity index (χ0n) is 13.4. The van der Waals surface area contributed by atoms with E-state index in [0.717, 1.165) is 16.5 Å². The Morgan fingerprint density at radius 1 is 1.08 bits per heavy atom. The summed E-state index contributed by atoms with van der Waals surface area (Å²) in [6.07, 6.45) is 3.04. The predicted octanol–water partition coefficient (Wildman–Crippen LogP) is 5.81. The molecule has 0 saturated carbocycles. The number of methoxy groups -OCH3 is 1. The molecule has 0 aliphatic rings. The minimum Gasteiger partial charge on any atom is -0.495 e. The summed E-state index contributed by atoms with van der Waals surface area (Å²) in [6, 6.07) is 16.9. The van der Waals surface area contributed by atoms with Crippen molar-refractivity contribution in [2.75, 3.05) is 12.4 Å². The fourth-order valence-corrected chi connectivity index (χ4v) is 3.18. The van der Waals surface area contributed by atoms with E-state index in [2.05, 4.69) is 5.32 Å². The van der Waals surface area contributed by atoms with Crippen LogP contribution in [0.1, 0.15) is 5.56 Å². The Balaban J connectivity index is 1.84. The molecule has 0 aromatic heterocycles. The number of rotatable bonds is 4. The molecule has 3 aromatic rings. The third kappa shape index (κ3) is 3.95. The number of carbonyl (C=O) groups excluding carboxylic acids is 1. The van der Waals surface area contributed by atoms with Gasteiger partial charge in [-0.2, -0.15) is 0 Å². The van der Waals surface area contributed by atoms with Crippen LogP contribution in [0.2, 0.25) is 10.0 Å². The van der Waals surface area contributed by atoms with Gasteiger partial charge in [0, 0.05) is 27.7 Å². The number of hydrogen-bond acceptors (Lipinski definition) is 2. The standard InChI is InChI=1S/C20H15Cl2NO2/c1-25-20-14(11-15(21)12-17(20)22)9-10-19(24)23-18-8-4-6-13-5-2-3-7-16(13)18/h2-12H,1H3,(H,23,24)/b10-9-. The van der Waals surface area contributed by atoms with Gasteiger partial charge in [-0.1, -0.05) is 59.6 Å². The lowest BCUT2D eigenvalue weighted by molar-refractivity contribution is -0.111. The molecule has 3 nitrogen and oxygen atoms in total. The van der Waals surface area contributed by atoms with Crippen LogP contribution in [0, 0.1) is 0 Å². The van der Waals surface area contributed by atoms with Gasteiger partial charge in [0.15, 0.2) is 0 Å². The second-order valence-electron chi connectivity index (χ2n) is 5.36. The van der Waals surface area contributed by atoms with Crippen molar-refractivity contribution < 1.29 is 9.53 Å².